The van der Waals surface area contributed by atoms with Gasteiger partial charge in [-0.15, -0.1) is 0 Å². The van der Waals surface area contributed by atoms with Crippen molar-refractivity contribution in [1.29, 1.82) is 0 Å². The van der Waals surface area contributed by atoms with Crippen LogP contribution in [0.1, 0.15) is 63.8 Å². The number of pyridine rings is 1. The van der Waals surface area contributed by atoms with Gasteiger partial charge in [0.25, 0.3) is 0 Å². The number of nitrogens with one attached hydrogen (secondary N) is 1. The highest BCUT2D eigenvalue weighted by atomic mass is 19.1. The second kappa shape index (κ2) is 6.04. The molecule has 21 heavy (non-hydrogen) atoms. The second-order valence-electron chi connectivity index (χ2n) is 7.36. The van der Waals surface area contributed by atoms with Gasteiger partial charge in [0.05, 0.1) is 5.69 Å². The summed E-state index contributed by atoms with van der Waals surface area (Å²) in [4.78, 5) is 4.67. The van der Waals surface area contributed by atoms with Crippen LogP contribution in [0.25, 0.3) is 0 Å². The standard InChI is InChI=1S/C18H27FN2/c1-11(2)12(3)20-10-18-16(19)6-7-17(21-18)15-9-13-4-5-14(15)8-13/h6-7,11-15,20H,4-5,8-10H2,1-3H3/t12-,13?,14?,15?/m1/s1. The number of halogens is 1. The quantitative estimate of drug-likeness (QED) is 0.876. The van der Waals surface area contributed by atoms with E-state index in [1.165, 1.54) is 25.7 Å². The molecule has 2 aliphatic rings. The predicted molar refractivity (Wildman–Crippen MR) is 83.5 cm³/mol. The average molecular weight is 290 g/mol. The molecule has 4 atom stereocenters. The van der Waals surface area contributed by atoms with Gasteiger partial charge in [-0.2, -0.15) is 0 Å². The maximum atomic E-state index is 14.0. The van der Waals surface area contributed by atoms with Crippen molar-refractivity contribution in [3.8, 4) is 0 Å². The van der Waals surface area contributed by atoms with Crippen LogP contribution in [-0.2, 0) is 6.54 Å². The molecule has 2 nitrogen and oxygen atoms in total. The first-order valence-electron chi connectivity index (χ1n) is 8.43. The van der Waals surface area contributed by atoms with Crippen LogP contribution in [0, 0.1) is 23.6 Å². The molecule has 2 bridgehead atoms. The summed E-state index contributed by atoms with van der Waals surface area (Å²) in [5.41, 5.74) is 1.71. The molecule has 116 valence electrons. The van der Waals surface area contributed by atoms with Crippen LogP contribution >= 0.6 is 0 Å². The third-order valence-electron chi connectivity index (χ3n) is 5.65. The lowest BCUT2D eigenvalue weighted by Crippen LogP contribution is -2.31. The molecule has 3 rings (SSSR count). The molecule has 3 heteroatoms. The van der Waals surface area contributed by atoms with Crippen molar-refractivity contribution in [2.75, 3.05) is 0 Å². The van der Waals surface area contributed by atoms with E-state index in [-0.39, 0.29) is 5.82 Å². The van der Waals surface area contributed by atoms with Crippen molar-refractivity contribution >= 4 is 0 Å². The maximum Gasteiger partial charge on any atom is 0.146 e. The molecule has 2 saturated carbocycles. The predicted octanol–water partition coefficient (Wildman–Crippen LogP) is 4.26. The number of rotatable bonds is 5. The van der Waals surface area contributed by atoms with E-state index in [1.54, 1.807) is 6.07 Å². The number of nitrogens with zero attached hydrogens (tertiary/aromatic N) is 1. The Morgan fingerprint density at radius 1 is 1.24 bits per heavy atom. The van der Waals surface area contributed by atoms with Crippen LogP contribution in [0.3, 0.4) is 0 Å². The Labute approximate surface area is 127 Å². The highest BCUT2D eigenvalue weighted by Gasteiger charge is 2.40. The fourth-order valence-corrected chi connectivity index (χ4v) is 3.93. The first kappa shape index (κ1) is 15.0. The molecule has 0 aromatic carbocycles. The lowest BCUT2D eigenvalue weighted by molar-refractivity contribution is 0.403. The molecule has 3 unspecified atom stereocenters. The molecule has 0 radical (unpaired) electrons. The molecule has 1 aromatic rings. The molecule has 2 fully saturated rings. The van der Waals surface area contributed by atoms with E-state index >= 15 is 0 Å². The Balaban J connectivity index is 1.71. The lowest BCUT2D eigenvalue weighted by atomic mass is 9.86. The van der Waals surface area contributed by atoms with E-state index in [0.29, 0.717) is 30.1 Å². The Morgan fingerprint density at radius 2 is 2.05 bits per heavy atom. The fraction of sp³-hybridized carbons (Fsp3) is 0.722. The van der Waals surface area contributed by atoms with E-state index in [1.807, 2.05) is 6.07 Å². The van der Waals surface area contributed by atoms with Crippen LogP contribution < -0.4 is 5.32 Å². The van der Waals surface area contributed by atoms with E-state index in [9.17, 15) is 4.39 Å². The minimum atomic E-state index is -0.176. The summed E-state index contributed by atoms with van der Waals surface area (Å²) in [6, 6.07) is 3.90. The number of fused-ring (bicyclic) bond motifs is 2. The average Bonchev–Trinajstić information content (AvgIpc) is 3.08. The minimum Gasteiger partial charge on any atom is -0.308 e. The van der Waals surface area contributed by atoms with Gasteiger partial charge in [-0.3, -0.25) is 4.98 Å². The van der Waals surface area contributed by atoms with E-state index in [0.717, 1.165) is 17.5 Å². The first-order valence-corrected chi connectivity index (χ1v) is 8.43. The molecule has 2 aliphatic carbocycles. The Morgan fingerprint density at radius 3 is 2.67 bits per heavy atom. The van der Waals surface area contributed by atoms with Gasteiger partial charge in [0.2, 0.25) is 0 Å². The van der Waals surface area contributed by atoms with E-state index in [4.69, 9.17) is 0 Å². The smallest absolute Gasteiger partial charge is 0.146 e. The zero-order valence-electron chi connectivity index (χ0n) is 13.4. The number of aromatic nitrogens is 1. The second-order valence-corrected chi connectivity index (χ2v) is 7.36. The summed E-state index contributed by atoms with van der Waals surface area (Å²) >= 11 is 0. The van der Waals surface area contributed by atoms with Crippen molar-refractivity contribution in [3.05, 3.63) is 29.3 Å². The minimum absolute atomic E-state index is 0.176. The SMILES string of the molecule is CC(C)[C@@H](C)NCc1nc(C2CC3CCC2C3)ccc1F. The zero-order chi connectivity index (χ0) is 15.0. The number of hydrogen-bond donors (Lipinski definition) is 1. The van der Waals surface area contributed by atoms with Crippen molar-refractivity contribution in [2.24, 2.45) is 17.8 Å². The zero-order valence-corrected chi connectivity index (χ0v) is 13.4. The largest absolute Gasteiger partial charge is 0.308 e. The molecule has 0 amide bonds. The van der Waals surface area contributed by atoms with Gasteiger partial charge in [0.1, 0.15) is 5.82 Å². The highest BCUT2D eigenvalue weighted by Crippen LogP contribution is 2.52. The molecular formula is C18H27FN2. The summed E-state index contributed by atoms with van der Waals surface area (Å²) in [5, 5.41) is 3.39. The van der Waals surface area contributed by atoms with Crippen molar-refractivity contribution < 1.29 is 4.39 Å². The summed E-state index contributed by atoms with van der Waals surface area (Å²) in [7, 11) is 0. The normalized spacial score (nSPS) is 29.3. The van der Waals surface area contributed by atoms with Crippen LogP contribution in [0.4, 0.5) is 4.39 Å². The molecule has 0 spiro atoms. The summed E-state index contributed by atoms with van der Waals surface area (Å²) in [6.45, 7) is 7.02. The molecule has 1 aromatic heterocycles. The summed E-state index contributed by atoms with van der Waals surface area (Å²) < 4.78 is 14.0. The van der Waals surface area contributed by atoms with Crippen molar-refractivity contribution in [2.45, 2.75) is 65.0 Å². The van der Waals surface area contributed by atoms with Crippen LogP contribution in [0.15, 0.2) is 12.1 Å². The van der Waals surface area contributed by atoms with Gasteiger partial charge in [-0.1, -0.05) is 20.3 Å². The maximum absolute atomic E-state index is 14.0. The van der Waals surface area contributed by atoms with Gasteiger partial charge in [0, 0.05) is 24.2 Å². The Bertz CT molecular complexity index is 500. The topological polar surface area (TPSA) is 24.9 Å². The van der Waals surface area contributed by atoms with Crippen molar-refractivity contribution in [3.63, 3.8) is 0 Å². The van der Waals surface area contributed by atoms with E-state index < -0.39 is 0 Å². The fourth-order valence-electron chi connectivity index (χ4n) is 3.93. The third-order valence-corrected chi connectivity index (χ3v) is 5.65. The third kappa shape index (κ3) is 3.13. The highest BCUT2D eigenvalue weighted by molar-refractivity contribution is 5.20. The van der Waals surface area contributed by atoms with Crippen LogP contribution in [-0.4, -0.2) is 11.0 Å². The van der Waals surface area contributed by atoms with Gasteiger partial charge < -0.3 is 5.32 Å². The van der Waals surface area contributed by atoms with Crippen LogP contribution in [0.5, 0.6) is 0 Å². The summed E-state index contributed by atoms with van der Waals surface area (Å²) in [6.07, 6.45) is 5.36. The van der Waals surface area contributed by atoms with Gasteiger partial charge in [-0.05, 0) is 56.1 Å². The molecular weight excluding hydrogens is 263 g/mol. The number of hydrogen-bond acceptors (Lipinski definition) is 2. The lowest BCUT2D eigenvalue weighted by Gasteiger charge is -2.22. The Kier molecular flexibility index (Phi) is 4.30. The molecule has 1 heterocycles. The van der Waals surface area contributed by atoms with Gasteiger partial charge >= 0.3 is 0 Å². The summed E-state index contributed by atoms with van der Waals surface area (Å²) in [5.74, 6) is 2.63. The molecule has 0 saturated heterocycles. The van der Waals surface area contributed by atoms with Crippen LogP contribution in [0.2, 0.25) is 0 Å². The van der Waals surface area contributed by atoms with Gasteiger partial charge in [-0.25, -0.2) is 4.39 Å². The first-order chi connectivity index (χ1) is 10.0. The van der Waals surface area contributed by atoms with Crippen molar-refractivity contribution in [1.82, 2.24) is 10.3 Å². The monoisotopic (exact) mass is 290 g/mol. The Hall–Kier alpha value is -0.960. The molecule has 1 N–H and O–H groups in total. The van der Waals surface area contributed by atoms with Gasteiger partial charge in [0.15, 0.2) is 0 Å². The van der Waals surface area contributed by atoms with E-state index in [2.05, 4.69) is 31.1 Å². The molecule has 0 aliphatic heterocycles.